The van der Waals surface area contributed by atoms with Gasteiger partial charge in [-0.2, -0.15) is 0 Å². The smallest absolute Gasteiger partial charge is 0.234 e. The standard InChI is InChI=1S/C12H23N3O3/c1-2-5-11(17)14-7-4-3-6-10(9-16)15-12(18)8-13/h9-10H,2-8,13H2,1H3,(H,14,17)(H,15,18)/t10-/m0/s1. The van der Waals surface area contributed by atoms with Crippen molar-refractivity contribution in [2.75, 3.05) is 13.1 Å². The molecule has 0 saturated heterocycles. The molecule has 4 N–H and O–H groups in total. The molecule has 18 heavy (non-hydrogen) atoms. The van der Waals surface area contributed by atoms with Crippen LogP contribution < -0.4 is 16.4 Å². The summed E-state index contributed by atoms with van der Waals surface area (Å²) in [6.07, 6.45) is 4.22. The average molecular weight is 257 g/mol. The molecule has 6 nitrogen and oxygen atoms in total. The summed E-state index contributed by atoms with van der Waals surface area (Å²) in [6.45, 7) is 2.45. The van der Waals surface area contributed by atoms with E-state index in [-0.39, 0.29) is 18.4 Å². The Balaban J connectivity index is 3.59. The van der Waals surface area contributed by atoms with Gasteiger partial charge in [-0.15, -0.1) is 0 Å². The number of unbranched alkanes of at least 4 members (excludes halogenated alkanes) is 1. The zero-order chi connectivity index (χ0) is 13.8. The van der Waals surface area contributed by atoms with Crippen LogP contribution in [0.2, 0.25) is 0 Å². The lowest BCUT2D eigenvalue weighted by Gasteiger charge is -2.11. The van der Waals surface area contributed by atoms with E-state index in [0.717, 1.165) is 19.3 Å². The van der Waals surface area contributed by atoms with Crippen LogP contribution in [0, 0.1) is 0 Å². The molecule has 0 unspecified atom stereocenters. The first-order chi connectivity index (χ1) is 8.63. The summed E-state index contributed by atoms with van der Waals surface area (Å²) in [4.78, 5) is 32.8. The Morgan fingerprint density at radius 2 is 2.00 bits per heavy atom. The number of hydrogen-bond acceptors (Lipinski definition) is 4. The van der Waals surface area contributed by atoms with Crippen molar-refractivity contribution in [3.63, 3.8) is 0 Å². The second-order valence-corrected chi connectivity index (χ2v) is 4.11. The van der Waals surface area contributed by atoms with Crippen LogP contribution in [0.1, 0.15) is 39.0 Å². The Morgan fingerprint density at radius 3 is 2.56 bits per heavy atom. The maximum atomic E-state index is 11.1. The highest BCUT2D eigenvalue weighted by atomic mass is 16.2. The van der Waals surface area contributed by atoms with Gasteiger partial charge in [-0.25, -0.2) is 0 Å². The fourth-order valence-electron chi connectivity index (χ4n) is 1.47. The molecule has 0 rings (SSSR count). The normalized spacial score (nSPS) is 11.7. The number of carbonyl (C=O) groups is 3. The molecule has 0 saturated carbocycles. The Morgan fingerprint density at radius 1 is 1.28 bits per heavy atom. The summed E-state index contributed by atoms with van der Waals surface area (Å²) in [5.41, 5.74) is 5.14. The van der Waals surface area contributed by atoms with Gasteiger partial charge in [-0.1, -0.05) is 6.92 Å². The fourth-order valence-corrected chi connectivity index (χ4v) is 1.47. The van der Waals surface area contributed by atoms with Crippen LogP contribution in [0.3, 0.4) is 0 Å². The van der Waals surface area contributed by atoms with E-state index in [1.807, 2.05) is 6.92 Å². The quantitative estimate of drug-likeness (QED) is 0.370. The van der Waals surface area contributed by atoms with E-state index in [9.17, 15) is 14.4 Å². The van der Waals surface area contributed by atoms with E-state index in [2.05, 4.69) is 10.6 Å². The van der Waals surface area contributed by atoms with Gasteiger partial charge >= 0.3 is 0 Å². The number of amides is 2. The molecule has 0 bridgehead atoms. The van der Waals surface area contributed by atoms with Gasteiger partial charge in [0.25, 0.3) is 0 Å². The van der Waals surface area contributed by atoms with E-state index in [0.29, 0.717) is 25.7 Å². The minimum Gasteiger partial charge on any atom is -0.356 e. The number of rotatable bonds is 10. The molecule has 0 aromatic rings. The van der Waals surface area contributed by atoms with Gasteiger partial charge in [0.05, 0.1) is 12.6 Å². The predicted molar refractivity (Wildman–Crippen MR) is 68.8 cm³/mol. The second kappa shape index (κ2) is 10.7. The Kier molecular flexibility index (Phi) is 9.86. The van der Waals surface area contributed by atoms with Crippen molar-refractivity contribution in [3.05, 3.63) is 0 Å². The van der Waals surface area contributed by atoms with Crippen molar-refractivity contribution in [1.29, 1.82) is 0 Å². The van der Waals surface area contributed by atoms with E-state index < -0.39 is 6.04 Å². The molecule has 0 fully saturated rings. The monoisotopic (exact) mass is 257 g/mol. The van der Waals surface area contributed by atoms with E-state index in [1.54, 1.807) is 0 Å². The average Bonchev–Trinajstić information content (AvgIpc) is 2.36. The van der Waals surface area contributed by atoms with Crippen LogP contribution in [0.25, 0.3) is 0 Å². The first-order valence-corrected chi connectivity index (χ1v) is 6.35. The van der Waals surface area contributed by atoms with Crippen LogP contribution in [0.4, 0.5) is 0 Å². The summed E-state index contributed by atoms with van der Waals surface area (Å²) in [6, 6.07) is -0.479. The third-order valence-corrected chi connectivity index (χ3v) is 2.44. The van der Waals surface area contributed by atoms with Crippen molar-refractivity contribution >= 4 is 18.1 Å². The van der Waals surface area contributed by atoms with Crippen molar-refractivity contribution < 1.29 is 14.4 Å². The highest BCUT2D eigenvalue weighted by Crippen LogP contribution is 1.99. The first kappa shape index (κ1) is 16.6. The summed E-state index contributed by atoms with van der Waals surface area (Å²) in [5, 5.41) is 5.31. The molecule has 6 heteroatoms. The van der Waals surface area contributed by atoms with Gasteiger partial charge in [0.2, 0.25) is 11.8 Å². The molecular formula is C12H23N3O3. The van der Waals surface area contributed by atoms with E-state index in [4.69, 9.17) is 5.73 Å². The maximum absolute atomic E-state index is 11.1. The number of aldehydes is 1. The Labute approximate surface area is 108 Å². The molecule has 0 aliphatic rings. The lowest BCUT2D eigenvalue weighted by atomic mass is 10.1. The minimum absolute atomic E-state index is 0.0564. The van der Waals surface area contributed by atoms with Gasteiger partial charge < -0.3 is 21.2 Å². The lowest BCUT2D eigenvalue weighted by molar-refractivity contribution is -0.123. The summed E-state index contributed by atoms with van der Waals surface area (Å²) < 4.78 is 0. The first-order valence-electron chi connectivity index (χ1n) is 6.35. The highest BCUT2D eigenvalue weighted by molar-refractivity contribution is 5.81. The van der Waals surface area contributed by atoms with Crippen LogP contribution in [0.15, 0.2) is 0 Å². The zero-order valence-electron chi connectivity index (χ0n) is 10.9. The van der Waals surface area contributed by atoms with E-state index in [1.165, 1.54) is 0 Å². The molecule has 104 valence electrons. The third kappa shape index (κ3) is 8.69. The second-order valence-electron chi connectivity index (χ2n) is 4.11. The topological polar surface area (TPSA) is 101 Å². The van der Waals surface area contributed by atoms with Crippen LogP contribution in [0.5, 0.6) is 0 Å². The molecule has 0 aliphatic carbocycles. The zero-order valence-corrected chi connectivity index (χ0v) is 10.9. The predicted octanol–water partition coefficient (Wildman–Crippen LogP) is -0.285. The molecule has 0 aromatic heterocycles. The molecule has 0 aromatic carbocycles. The molecular weight excluding hydrogens is 234 g/mol. The number of carbonyl (C=O) groups excluding carboxylic acids is 3. The summed E-state index contributed by atoms with van der Waals surface area (Å²) >= 11 is 0. The SMILES string of the molecule is CCCC(=O)NCCCC[C@@H](C=O)NC(=O)CN. The maximum Gasteiger partial charge on any atom is 0.234 e. The summed E-state index contributed by atoms with van der Waals surface area (Å²) in [7, 11) is 0. The number of nitrogens with one attached hydrogen (secondary N) is 2. The molecule has 0 spiro atoms. The molecule has 1 atom stereocenters. The Bertz CT molecular complexity index is 269. The van der Waals surface area contributed by atoms with Crippen molar-refractivity contribution in [2.24, 2.45) is 5.73 Å². The van der Waals surface area contributed by atoms with E-state index >= 15 is 0 Å². The van der Waals surface area contributed by atoms with Crippen molar-refractivity contribution in [2.45, 2.75) is 45.1 Å². The minimum atomic E-state index is -0.479. The molecule has 0 aliphatic heterocycles. The highest BCUT2D eigenvalue weighted by Gasteiger charge is 2.09. The lowest BCUT2D eigenvalue weighted by Crippen LogP contribution is -2.39. The van der Waals surface area contributed by atoms with Gasteiger partial charge in [0.15, 0.2) is 0 Å². The van der Waals surface area contributed by atoms with Crippen LogP contribution in [-0.4, -0.2) is 37.2 Å². The number of nitrogens with two attached hydrogens (primary N) is 1. The molecule has 2 amide bonds. The largest absolute Gasteiger partial charge is 0.356 e. The van der Waals surface area contributed by atoms with Crippen molar-refractivity contribution in [3.8, 4) is 0 Å². The van der Waals surface area contributed by atoms with Crippen LogP contribution in [-0.2, 0) is 14.4 Å². The number of hydrogen-bond donors (Lipinski definition) is 3. The molecule has 0 radical (unpaired) electrons. The molecule has 0 heterocycles. The van der Waals surface area contributed by atoms with Crippen molar-refractivity contribution in [1.82, 2.24) is 10.6 Å². The van der Waals surface area contributed by atoms with Gasteiger partial charge in [0, 0.05) is 13.0 Å². The Hall–Kier alpha value is -1.43. The fraction of sp³-hybridized carbons (Fsp3) is 0.750. The van der Waals surface area contributed by atoms with Gasteiger partial charge in [-0.3, -0.25) is 9.59 Å². The van der Waals surface area contributed by atoms with Gasteiger partial charge in [-0.05, 0) is 25.7 Å². The third-order valence-electron chi connectivity index (χ3n) is 2.44. The van der Waals surface area contributed by atoms with Crippen LogP contribution >= 0.6 is 0 Å². The summed E-state index contributed by atoms with van der Waals surface area (Å²) in [5.74, 6) is -0.274. The van der Waals surface area contributed by atoms with Gasteiger partial charge in [0.1, 0.15) is 6.29 Å².